The van der Waals surface area contributed by atoms with Crippen LogP contribution in [0.4, 0.5) is 17.6 Å². The Hall–Kier alpha value is -4.54. The van der Waals surface area contributed by atoms with E-state index in [-0.39, 0.29) is 28.9 Å². The van der Waals surface area contributed by atoms with Gasteiger partial charge in [0.15, 0.2) is 23.2 Å². The molecule has 1 N–H and O–H groups in total. The molecule has 0 spiro atoms. The number of halogens is 4. The van der Waals surface area contributed by atoms with E-state index in [0.717, 1.165) is 0 Å². The third-order valence-electron chi connectivity index (χ3n) is 7.87. The Morgan fingerprint density at radius 2 is 1.61 bits per heavy atom. The van der Waals surface area contributed by atoms with Gasteiger partial charge < -0.3 is 14.5 Å². The van der Waals surface area contributed by atoms with E-state index >= 15 is 0 Å². The van der Waals surface area contributed by atoms with E-state index in [2.05, 4.69) is 15.0 Å². The van der Waals surface area contributed by atoms with Crippen LogP contribution in [0.3, 0.4) is 0 Å². The Morgan fingerprint density at radius 1 is 0.927 bits per heavy atom. The summed E-state index contributed by atoms with van der Waals surface area (Å²) in [7, 11) is 1.77. The quantitative estimate of drug-likeness (QED) is 0.164. The number of carbonyl (C=O) groups is 2. The molecule has 0 aliphatic carbocycles. The van der Waals surface area contributed by atoms with Gasteiger partial charge in [-0.05, 0) is 62.2 Å². The van der Waals surface area contributed by atoms with Crippen LogP contribution in [0.15, 0.2) is 48.5 Å². The summed E-state index contributed by atoms with van der Waals surface area (Å²) in [6.07, 6.45) is 1.03. The Labute approximate surface area is 231 Å². The van der Waals surface area contributed by atoms with Crippen molar-refractivity contribution in [1.29, 1.82) is 0 Å². The first-order valence-corrected chi connectivity index (χ1v) is 13.2. The smallest absolute Gasteiger partial charge is 0.253 e. The summed E-state index contributed by atoms with van der Waals surface area (Å²) in [5.74, 6) is -4.11. The molecule has 1 saturated heterocycles. The summed E-state index contributed by atoms with van der Waals surface area (Å²) in [4.78, 5) is 39.4. The minimum absolute atomic E-state index is 0.0462. The lowest BCUT2D eigenvalue weighted by atomic mass is 9.88. The van der Waals surface area contributed by atoms with Crippen molar-refractivity contribution in [2.24, 2.45) is 13.0 Å². The molecule has 1 fully saturated rings. The number of hydrogen-bond acceptors (Lipinski definition) is 4. The van der Waals surface area contributed by atoms with Gasteiger partial charge in [0.05, 0.1) is 17.0 Å². The Bertz CT molecular complexity index is 1820. The lowest BCUT2D eigenvalue weighted by molar-refractivity contribution is 0.0650. The van der Waals surface area contributed by atoms with E-state index in [9.17, 15) is 27.2 Å². The number of aromatic amines is 1. The second-order valence-electron chi connectivity index (χ2n) is 10.4. The van der Waals surface area contributed by atoms with Crippen molar-refractivity contribution in [2.45, 2.75) is 25.7 Å². The molecule has 3 heterocycles. The Balaban J connectivity index is 1.20. The van der Waals surface area contributed by atoms with Crippen LogP contribution in [-0.4, -0.2) is 49.2 Å². The van der Waals surface area contributed by atoms with E-state index in [1.54, 1.807) is 41.6 Å². The first-order chi connectivity index (χ1) is 19.6. The number of rotatable bonds is 5. The summed E-state index contributed by atoms with van der Waals surface area (Å²) in [6, 6.07) is 11.1. The number of benzene rings is 3. The zero-order valence-corrected chi connectivity index (χ0v) is 22.2. The molecule has 1 atom stereocenters. The standard InChI is InChI=1S/C30H25F4N5O2/c1-15(28-36-25-21(33)14-20(32)24(34)26(25)37-28)29-35-22-8-5-18(13-23(22)38(29)2)30(41)39-11-9-17(10-12-39)27(40)16-3-6-19(31)7-4-16/h3-8,13-15,17H,9-12H2,1-2H3,(H,36,37). The van der Waals surface area contributed by atoms with E-state index in [0.29, 0.717) is 60.0 Å². The highest BCUT2D eigenvalue weighted by molar-refractivity contribution is 5.99. The van der Waals surface area contributed by atoms with Crippen molar-refractivity contribution in [3.05, 3.63) is 94.6 Å². The van der Waals surface area contributed by atoms with Crippen LogP contribution >= 0.6 is 0 Å². The molecule has 7 nitrogen and oxygen atoms in total. The van der Waals surface area contributed by atoms with Crippen LogP contribution in [0, 0.1) is 29.2 Å². The number of fused-ring (bicyclic) bond motifs is 2. The maximum atomic E-state index is 14.2. The van der Waals surface area contributed by atoms with Crippen LogP contribution in [0.25, 0.3) is 22.1 Å². The molecule has 1 aliphatic heterocycles. The van der Waals surface area contributed by atoms with Crippen molar-refractivity contribution in [3.63, 3.8) is 0 Å². The molecule has 0 radical (unpaired) electrons. The third kappa shape index (κ3) is 4.64. The molecule has 6 rings (SSSR count). The number of Topliss-reactive ketones (excluding diaryl/α,β-unsaturated/α-hetero) is 1. The average molecular weight is 564 g/mol. The molecule has 2 aromatic heterocycles. The summed E-state index contributed by atoms with van der Waals surface area (Å²) in [5, 5.41) is 0. The maximum absolute atomic E-state index is 14.2. The van der Waals surface area contributed by atoms with Crippen molar-refractivity contribution < 1.29 is 27.2 Å². The van der Waals surface area contributed by atoms with Crippen molar-refractivity contribution in [1.82, 2.24) is 24.4 Å². The topological polar surface area (TPSA) is 83.9 Å². The number of hydrogen-bond donors (Lipinski definition) is 1. The second kappa shape index (κ2) is 10.1. The summed E-state index contributed by atoms with van der Waals surface area (Å²) in [5.41, 5.74) is 1.59. The minimum Gasteiger partial charge on any atom is -0.339 e. The number of carbonyl (C=O) groups excluding carboxylic acids is 2. The van der Waals surface area contributed by atoms with Crippen LogP contribution in [0.5, 0.6) is 0 Å². The number of ketones is 1. The highest BCUT2D eigenvalue weighted by atomic mass is 19.2. The minimum atomic E-state index is -1.32. The maximum Gasteiger partial charge on any atom is 0.253 e. The van der Waals surface area contributed by atoms with Gasteiger partial charge in [-0.25, -0.2) is 27.5 Å². The Kier molecular flexibility index (Phi) is 6.59. The van der Waals surface area contributed by atoms with Crippen molar-refractivity contribution >= 4 is 33.8 Å². The predicted molar refractivity (Wildman–Crippen MR) is 144 cm³/mol. The van der Waals surface area contributed by atoms with Crippen LogP contribution in [-0.2, 0) is 7.05 Å². The van der Waals surface area contributed by atoms with Gasteiger partial charge in [-0.15, -0.1) is 0 Å². The highest BCUT2D eigenvalue weighted by Gasteiger charge is 2.29. The summed E-state index contributed by atoms with van der Waals surface area (Å²) in [6.45, 7) is 2.60. The number of nitrogens with zero attached hydrogens (tertiary/aromatic N) is 4. The number of aromatic nitrogens is 4. The molecule has 0 bridgehead atoms. The molecule has 1 unspecified atom stereocenters. The number of amides is 1. The number of piperidine rings is 1. The molecule has 41 heavy (non-hydrogen) atoms. The molecule has 5 aromatic rings. The summed E-state index contributed by atoms with van der Waals surface area (Å²) < 4.78 is 57.1. The second-order valence-corrected chi connectivity index (χ2v) is 10.4. The van der Waals surface area contributed by atoms with Gasteiger partial charge in [0.1, 0.15) is 28.5 Å². The van der Waals surface area contributed by atoms with Crippen molar-refractivity contribution in [2.75, 3.05) is 13.1 Å². The van der Waals surface area contributed by atoms with Crippen molar-refractivity contribution in [3.8, 4) is 0 Å². The summed E-state index contributed by atoms with van der Waals surface area (Å²) >= 11 is 0. The van der Waals surface area contributed by atoms with E-state index in [1.165, 1.54) is 24.3 Å². The number of imidazole rings is 2. The normalized spacial score (nSPS) is 15.1. The zero-order chi connectivity index (χ0) is 29.0. The van der Waals surface area contributed by atoms with Gasteiger partial charge in [-0.1, -0.05) is 0 Å². The number of nitrogens with one attached hydrogen (secondary N) is 1. The van der Waals surface area contributed by atoms with Crippen LogP contribution < -0.4 is 0 Å². The van der Waals surface area contributed by atoms with Gasteiger partial charge >= 0.3 is 0 Å². The first-order valence-electron chi connectivity index (χ1n) is 13.2. The molecular formula is C30H25F4N5O2. The SMILES string of the molecule is CC(c1nc2c(F)c(F)cc(F)c2[nH]1)c1nc2ccc(C(=O)N3CCC(C(=O)c4ccc(F)cc4)CC3)cc2n1C. The fourth-order valence-corrected chi connectivity index (χ4v) is 5.52. The number of aryl methyl sites for hydroxylation is 1. The fraction of sp³-hybridized carbons (Fsp3) is 0.267. The Morgan fingerprint density at radius 3 is 2.32 bits per heavy atom. The van der Waals surface area contributed by atoms with Crippen LogP contribution in [0.2, 0.25) is 0 Å². The lowest BCUT2D eigenvalue weighted by Crippen LogP contribution is -2.40. The molecule has 1 aliphatic rings. The van der Waals surface area contributed by atoms with Gasteiger partial charge in [0.2, 0.25) is 0 Å². The van der Waals surface area contributed by atoms with E-state index in [4.69, 9.17) is 0 Å². The lowest BCUT2D eigenvalue weighted by Gasteiger charge is -2.31. The van der Waals surface area contributed by atoms with E-state index < -0.39 is 34.7 Å². The van der Waals surface area contributed by atoms with Gasteiger partial charge in [-0.2, -0.15) is 0 Å². The zero-order valence-electron chi connectivity index (χ0n) is 22.2. The van der Waals surface area contributed by atoms with Gasteiger partial charge in [-0.3, -0.25) is 9.59 Å². The highest BCUT2D eigenvalue weighted by Crippen LogP contribution is 2.30. The molecular weight excluding hydrogens is 538 g/mol. The molecule has 210 valence electrons. The molecule has 3 aromatic carbocycles. The molecule has 11 heteroatoms. The monoisotopic (exact) mass is 563 g/mol. The molecule has 1 amide bonds. The van der Waals surface area contributed by atoms with Gasteiger partial charge in [0, 0.05) is 43.2 Å². The fourth-order valence-electron chi connectivity index (χ4n) is 5.52. The van der Waals surface area contributed by atoms with E-state index in [1.807, 2.05) is 0 Å². The van der Waals surface area contributed by atoms with Gasteiger partial charge in [0.25, 0.3) is 5.91 Å². The number of likely N-dealkylation sites (tertiary alicyclic amines) is 1. The van der Waals surface area contributed by atoms with Crippen LogP contribution in [0.1, 0.15) is 58.0 Å². The third-order valence-corrected chi connectivity index (χ3v) is 7.87. The molecule has 0 saturated carbocycles. The largest absolute Gasteiger partial charge is 0.339 e. The average Bonchev–Trinajstić information content (AvgIpc) is 3.58. The predicted octanol–water partition coefficient (Wildman–Crippen LogP) is 5.89. The first kappa shape index (κ1) is 26.7. The number of H-pyrrole nitrogens is 1.